The van der Waals surface area contributed by atoms with Crippen molar-refractivity contribution in [2.45, 2.75) is 136 Å². The van der Waals surface area contributed by atoms with Crippen molar-refractivity contribution < 1.29 is 38.3 Å². The number of anilines is 2. The first-order valence-corrected chi connectivity index (χ1v) is 18.5. The Morgan fingerprint density at radius 3 is 2.29 bits per heavy atom. The SMILES string of the molecule is C[C@H](CC/C=C/c1cc(N(C(=O)OC(C)(C)C)c2cc([C@H]3CC[C@@H](OC(=O)Oc4ccc([N+](=O)[O-])cc4)C3)nn2C(C)(C)C)ccn1)NC(=O)OC(C)(C)C. The summed E-state index contributed by atoms with van der Waals surface area (Å²) in [6, 6.07) is 10.5. The standard InChI is InChI=1S/C40H54N6O9/c1-26(42-35(47)54-39(5,6)7)13-11-12-14-28-24-30(21-22-41-28)44(36(48)55-40(8,9)10)34-25-33(43-45(34)38(2,3)4)27-15-18-32(23-27)53-37(49)52-31-19-16-29(17-20-31)46(50)51/h12,14,16-17,19-22,24-27,32H,11,13,15,18,23H2,1-10H3,(H,42,47)/b14-12+/t26-,27+,32-/m1/s1. The molecule has 1 saturated carbocycles. The molecule has 15 nitrogen and oxygen atoms in total. The molecule has 1 N–H and O–H groups in total. The summed E-state index contributed by atoms with van der Waals surface area (Å²) in [5.74, 6) is 0.558. The molecular weight excluding hydrogens is 708 g/mol. The molecule has 15 heteroatoms. The van der Waals surface area contributed by atoms with Gasteiger partial charge in [-0.25, -0.2) is 24.0 Å². The van der Waals surface area contributed by atoms with E-state index in [4.69, 9.17) is 24.0 Å². The minimum absolute atomic E-state index is 0.0804. The third-order valence-electron chi connectivity index (χ3n) is 8.31. The van der Waals surface area contributed by atoms with Crippen LogP contribution >= 0.6 is 0 Å². The van der Waals surface area contributed by atoms with Gasteiger partial charge in [-0.15, -0.1) is 0 Å². The molecule has 1 aliphatic carbocycles. The first kappa shape index (κ1) is 42.3. The molecule has 2 amide bonds. The number of benzene rings is 1. The van der Waals surface area contributed by atoms with Crippen LogP contribution in [0.5, 0.6) is 5.75 Å². The molecule has 3 atom stereocenters. The predicted molar refractivity (Wildman–Crippen MR) is 208 cm³/mol. The van der Waals surface area contributed by atoms with Crippen molar-refractivity contribution in [1.82, 2.24) is 20.1 Å². The highest BCUT2D eigenvalue weighted by molar-refractivity contribution is 5.95. The second kappa shape index (κ2) is 17.3. The van der Waals surface area contributed by atoms with Gasteiger partial charge in [-0.1, -0.05) is 6.08 Å². The van der Waals surface area contributed by atoms with E-state index in [1.165, 1.54) is 29.2 Å². The number of rotatable bonds is 11. The number of nitrogens with one attached hydrogen (secondary N) is 1. The molecule has 0 unspecified atom stereocenters. The number of ether oxygens (including phenoxy) is 4. The summed E-state index contributed by atoms with van der Waals surface area (Å²) in [4.78, 5) is 55.2. The highest BCUT2D eigenvalue weighted by Gasteiger charge is 2.36. The molecule has 3 aromatic rings. The number of hydrogen-bond donors (Lipinski definition) is 1. The summed E-state index contributed by atoms with van der Waals surface area (Å²) < 4.78 is 23.9. The zero-order valence-corrected chi connectivity index (χ0v) is 33.5. The summed E-state index contributed by atoms with van der Waals surface area (Å²) >= 11 is 0. The Balaban J connectivity index is 1.53. The van der Waals surface area contributed by atoms with Crippen LogP contribution in [0.2, 0.25) is 0 Å². The number of carbonyl (C=O) groups is 3. The van der Waals surface area contributed by atoms with E-state index in [-0.39, 0.29) is 23.4 Å². The van der Waals surface area contributed by atoms with Gasteiger partial charge in [0.2, 0.25) is 0 Å². The smallest absolute Gasteiger partial charge is 0.444 e. The topological polar surface area (TPSA) is 177 Å². The Bertz CT molecular complexity index is 1850. The fraction of sp³-hybridized carbons (Fsp3) is 0.525. The van der Waals surface area contributed by atoms with E-state index in [2.05, 4.69) is 10.3 Å². The molecule has 55 heavy (non-hydrogen) atoms. The Morgan fingerprint density at radius 1 is 1.00 bits per heavy atom. The van der Waals surface area contributed by atoms with E-state index >= 15 is 0 Å². The lowest BCUT2D eigenvalue weighted by atomic mass is 10.0. The third kappa shape index (κ3) is 12.8. The maximum Gasteiger partial charge on any atom is 0.514 e. The number of pyridine rings is 1. The summed E-state index contributed by atoms with van der Waals surface area (Å²) in [6.45, 7) is 18.8. The van der Waals surface area contributed by atoms with Crippen LogP contribution in [0.3, 0.4) is 0 Å². The van der Waals surface area contributed by atoms with Gasteiger partial charge in [0.15, 0.2) is 0 Å². The second-order valence-electron chi connectivity index (χ2n) is 16.6. The van der Waals surface area contributed by atoms with Crippen LogP contribution in [0.4, 0.5) is 31.6 Å². The highest BCUT2D eigenvalue weighted by Crippen LogP contribution is 2.40. The molecule has 2 aromatic heterocycles. The number of nitrogens with zero attached hydrogens (tertiary/aromatic N) is 5. The number of allylic oxidation sites excluding steroid dienone is 1. The van der Waals surface area contributed by atoms with Crippen LogP contribution in [0.15, 0.2) is 54.7 Å². The molecule has 1 aromatic carbocycles. The van der Waals surface area contributed by atoms with Gasteiger partial charge >= 0.3 is 18.3 Å². The van der Waals surface area contributed by atoms with Crippen molar-refractivity contribution >= 4 is 41.6 Å². The van der Waals surface area contributed by atoms with Gasteiger partial charge < -0.3 is 24.3 Å². The summed E-state index contributed by atoms with van der Waals surface area (Å²) in [5, 5.41) is 18.8. The first-order valence-electron chi connectivity index (χ1n) is 18.5. The Labute approximate surface area is 322 Å². The fourth-order valence-electron chi connectivity index (χ4n) is 5.89. The molecule has 1 aliphatic rings. The van der Waals surface area contributed by atoms with Crippen LogP contribution in [0.25, 0.3) is 6.08 Å². The minimum atomic E-state index is -0.897. The van der Waals surface area contributed by atoms with Crippen LogP contribution in [-0.2, 0) is 19.7 Å². The fourth-order valence-corrected chi connectivity index (χ4v) is 5.89. The van der Waals surface area contributed by atoms with Gasteiger partial charge in [0.1, 0.15) is 28.9 Å². The molecule has 0 spiro atoms. The largest absolute Gasteiger partial charge is 0.514 e. The van der Waals surface area contributed by atoms with Crippen LogP contribution in [-0.4, -0.2) is 61.4 Å². The number of nitro groups is 1. The maximum atomic E-state index is 14.0. The number of non-ortho nitro benzene ring substituents is 1. The van der Waals surface area contributed by atoms with Gasteiger partial charge in [-0.3, -0.25) is 15.1 Å². The zero-order valence-electron chi connectivity index (χ0n) is 33.5. The lowest BCUT2D eigenvalue weighted by Crippen LogP contribution is -2.37. The van der Waals surface area contributed by atoms with Gasteiger partial charge in [0, 0.05) is 36.4 Å². The van der Waals surface area contributed by atoms with Gasteiger partial charge in [0.05, 0.1) is 27.5 Å². The van der Waals surface area contributed by atoms with E-state index in [1.807, 2.05) is 66.7 Å². The van der Waals surface area contributed by atoms with E-state index in [0.717, 1.165) is 5.69 Å². The molecule has 298 valence electrons. The Morgan fingerprint density at radius 2 is 1.67 bits per heavy atom. The molecule has 0 bridgehead atoms. The molecule has 0 saturated heterocycles. The van der Waals surface area contributed by atoms with Crippen molar-refractivity contribution in [1.29, 1.82) is 0 Å². The molecule has 0 aliphatic heterocycles. The second-order valence-corrected chi connectivity index (χ2v) is 16.6. The Hall–Kier alpha value is -5.47. The van der Waals surface area contributed by atoms with Crippen LogP contribution < -0.4 is 15.0 Å². The number of alkyl carbamates (subject to hydrolysis) is 1. The van der Waals surface area contributed by atoms with Gasteiger partial charge in [-0.2, -0.15) is 5.10 Å². The van der Waals surface area contributed by atoms with Crippen LogP contribution in [0.1, 0.15) is 119 Å². The lowest BCUT2D eigenvalue weighted by molar-refractivity contribution is -0.384. The number of aromatic nitrogens is 3. The van der Waals surface area contributed by atoms with Crippen molar-refractivity contribution in [3.63, 3.8) is 0 Å². The van der Waals surface area contributed by atoms with Crippen molar-refractivity contribution in [3.8, 4) is 5.75 Å². The number of hydrogen-bond acceptors (Lipinski definition) is 11. The van der Waals surface area contributed by atoms with E-state index in [1.54, 1.807) is 43.8 Å². The van der Waals surface area contributed by atoms with Crippen molar-refractivity contribution in [3.05, 3.63) is 76.2 Å². The van der Waals surface area contributed by atoms with E-state index in [9.17, 15) is 24.5 Å². The van der Waals surface area contributed by atoms with Crippen molar-refractivity contribution in [2.75, 3.05) is 4.90 Å². The average molecular weight is 763 g/mol. The quantitative estimate of drug-likeness (QED) is 0.0647. The first-order chi connectivity index (χ1) is 25.6. The minimum Gasteiger partial charge on any atom is -0.444 e. The molecule has 4 rings (SSSR count). The van der Waals surface area contributed by atoms with Gasteiger partial charge in [-0.05, 0) is 132 Å². The van der Waals surface area contributed by atoms with Crippen molar-refractivity contribution in [2.24, 2.45) is 0 Å². The summed E-state index contributed by atoms with van der Waals surface area (Å²) in [6.07, 6.45) is 6.17. The molecule has 1 fully saturated rings. The lowest BCUT2D eigenvalue weighted by Gasteiger charge is -2.30. The highest BCUT2D eigenvalue weighted by atomic mass is 16.7. The van der Waals surface area contributed by atoms with E-state index in [0.29, 0.717) is 49.3 Å². The molecular formula is C40H54N6O9. The monoisotopic (exact) mass is 762 g/mol. The maximum absolute atomic E-state index is 14.0. The third-order valence-corrected chi connectivity index (χ3v) is 8.31. The summed E-state index contributed by atoms with van der Waals surface area (Å²) in [7, 11) is 0. The average Bonchev–Trinajstić information content (AvgIpc) is 3.70. The van der Waals surface area contributed by atoms with E-state index < -0.39 is 46.1 Å². The molecule has 0 radical (unpaired) electrons. The van der Waals surface area contributed by atoms with Gasteiger partial charge in [0.25, 0.3) is 5.69 Å². The predicted octanol–water partition coefficient (Wildman–Crippen LogP) is 9.57. The van der Waals surface area contributed by atoms with Crippen LogP contribution in [0, 0.1) is 10.1 Å². The zero-order chi connectivity index (χ0) is 40.7. The number of amides is 2. The normalized spacial score (nSPS) is 16.7. The number of nitro benzene ring substituents is 1. The Kier molecular flexibility index (Phi) is 13.3. The number of carbonyl (C=O) groups excluding carboxylic acids is 3. The summed E-state index contributed by atoms with van der Waals surface area (Å²) in [5.41, 5.74) is -0.142. The molecule has 2 heterocycles.